The molecule has 2 rings (SSSR count). The fourth-order valence-electron chi connectivity index (χ4n) is 1.38. The first-order chi connectivity index (χ1) is 9.63. The summed E-state index contributed by atoms with van der Waals surface area (Å²) in [4.78, 5) is 3.94. The second kappa shape index (κ2) is 6.58. The van der Waals surface area contributed by atoms with Crippen LogP contribution in [0.5, 0.6) is 0 Å². The van der Waals surface area contributed by atoms with Crippen molar-refractivity contribution in [1.82, 2.24) is 4.98 Å². The van der Waals surface area contributed by atoms with Gasteiger partial charge < -0.3 is 0 Å². The van der Waals surface area contributed by atoms with Crippen molar-refractivity contribution >= 4 is 46.8 Å². The average molecular weight is 326 g/mol. The minimum absolute atomic E-state index is 0.0284. The van der Waals surface area contributed by atoms with Crippen LogP contribution in [0.15, 0.2) is 35.4 Å². The van der Waals surface area contributed by atoms with Gasteiger partial charge in [0.2, 0.25) is 0 Å². The summed E-state index contributed by atoms with van der Waals surface area (Å²) in [6.07, 6.45) is 1.60. The highest BCUT2D eigenvalue weighted by Gasteiger charge is 2.15. The van der Waals surface area contributed by atoms with Gasteiger partial charge in [-0.25, -0.2) is 4.98 Å². The van der Waals surface area contributed by atoms with Crippen LogP contribution >= 0.6 is 34.8 Å². The molecule has 2 aromatic rings. The molecule has 0 saturated heterocycles. The zero-order valence-electron chi connectivity index (χ0n) is 9.94. The predicted molar refractivity (Wildman–Crippen MR) is 81.6 cm³/mol. The summed E-state index contributed by atoms with van der Waals surface area (Å²) in [5.41, 5.74) is 3.58. The Hall–Kier alpha value is -1.80. The molecule has 0 spiro atoms. The lowest BCUT2D eigenvalue weighted by atomic mass is 10.2. The van der Waals surface area contributed by atoms with Gasteiger partial charge >= 0.3 is 0 Å². The topological polar surface area (TPSA) is 61.1 Å². The van der Waals surface area contributed by atoms with E-state index < -0.39 is 0 Å². The summed E-state index contributed by atoms with van der Waals surface area (Å²) >= 11 is 17.8. The number of aromatic nitrogens is 1. The Balaban J connectivity index is 2.23. The number of nitrogens with zero attached hydrogens (tertiary/aromatic N) is 3. The van der Waals surface area contributed by atoms with Crippen LogP contribution < -0.4 is 5.43 Å². The molecule has 20 heavy (non-hydrogen) atoms. The monoisotopic (exact) mass is 324 g/mol. The van der Waals surface area contributed by atoms with Gasteiger partial charge in [-0.3, -0.25) is 5.43 Å². The number of pyridine rings is 1. The molecular weight excluding hydrogens is 319 g/mol. The van der Waals surface area contributed by atoms with Gasteiger partial charge in [-0.15, -0.1) is 0 Å². The number of anilines is 1. The van der Waals surface area contributed by atoms with Crippen LogP contribution in [0.2, 0.25) is 15.2 Å². The van der Waals surface area contributed by atoms with Gasteiger partial charge in [0, 0.05) is 0 Å². The number of halogens is 3. The van der Waals surface area contributed by atoms with Crippen molar-refractivity contribution in [2.45, 2.75) is 0 Å². The Bertz CT molecular complexity index is 693. The highest BCUT2D eigenvalue weighted by Crippen LogP contribution is 2.34. The summed E-state index contributed by atoms with van der Waals surface area (Å²) in [6.45, 7) is 0. The molecule has 4 nitrogen and oxygen atoms in total. The van der Waals surface area contributed by atoms with Gasteiger partial charge in [0.25, 0.3) is 0 Å². The lowest BCUT2D eigenvalue weighted by Gasteiger charge is -2.06. The van der Waals surface area contributed by atoms with Crippen LogP contribution in [-0.4, -0.2) is 11.2 Å². The third kappa shape index (κ3) is 3.20. The largest absolute Gasteiger partial charge is 0.260 e. The molecule has 0 aliphatic carbocycles. The minimum Gasteiger partial charge on any atom is -0.260 e. The smallest absolute Gasteiger partial charge is 0.168 e. The lowest BCUT2D eigenvalue weighted by molar-refractivity contribution is 1.22. The van der Waals surface area contributed by atoms with E-state index in [4.69, 9.17) is 40.1 Å². The Morgan fingerprint density at radius 2 is 1.85 bits per heavy atom. The fraction of sp³-hybridized carbons (Fsp3) is 0. The van der Waals surface area contributed by atoms with E-state index in [-0.39, 0.29) is 26.6 Å². The van der Waals surface area contributed by atoms with Crippen molar-refractivity contribution in [3.05, 3.63) is 56.7 Å². The van der Waals surface area contributed by atoms with Crippen LogP contribution in [0.1, 0.15) is 11.1 Å². The summed E-state index contributed by atoms with van der Waals surface area (Å²) in [5.74, 6) is 0.188. The number of hydrazone groups is 1. The predicted octanol–water partition coefficient (Wildman–Crippen LogP) is 4.36. The molecule has 0 saturated carbocycles. The van der Waals surface area contributed by atoms with Gasteiger partial charge in [-0.05, 0) is 5.56 Å². The van der Waals surface area contributed by atoms with Crippen LogP contribution in [0.25, 0.3) is 0 Å². The maximum absolute atomic E-state index is 8.87. The van der Waals surface area contributed by atoms with Crippen LogP contribution in [-0.2, 0) is 0 Å². The van der Waals surface area contributed by atoms with E-state index in [1.807, 2.05) is 36.4 Å². The van der Waals surface area contributed by atoms with E-state index in [2.05, 4.69) is 15.5 Å². The number of hydrogen-bond donors (Lipinski definition) is 1. The van der Waals surface area contributed by atoms with Gasteiger partial charge in [0.05, 0.1) is 11.2 Å². The number of nitrogens with one attached hydrogen (secondary N) is 1. The zero-order valence-corrected chi connectivity index (χ0v) is 12.2. The third-order valence-corrected chi connectivity index (χ3v) is 3.45. The Morgan fingerprint density at radius 3 is 2.50 bits per heavy atom. The van der Waals surface area contributed by atoms with Crippen molar-refractivity contribution in [2.75, 3.05) is 5.43 Å². The number of benzene rings is 1. The van der Waals surface area contributed by atoms with E-state index in [1.54, 1.807) is 6.21 Å². The molecule has 1 heterocycles. The van der Waals surface area contributed by atoms with Crippen molar-refractivity contribution in [1.29, 1.82) is 5.26 Å². The normalized spacial score (nSPS) is 10.5. The molecule has 0 unspecified atom stereocenters. The molecule has 7 heteroatoms. The third-order valence-electron chi connectivity index (χ3n) is 2.33. The maximum atomic E-state index is 8.87. The van der Waals surface area contributed by atoms with Crippen molar-refractivity contribution in [2.24, 2.45) is 5.10 Å². The molecule has 0 amide bonds. The summed E-state index contributed by atoms with van der Waals surface area (Å²) in [5, 5.41) is 13.0. The quantitative estimate of drug-likeness (QED) is 0.518. The first-order valence-electron chi connectivity index (χ1n) is 5.42. The molecule has 1 N–H and O–H groups in total. The van der Waals surface area contributed by atoms with Crippen LogP contribution in [0.4, 0.5) is 5.82 Å². The zero-order chi connectivity index (χ0) is 14.5. The molecule has 1 aromatic heterocycles. The Labute approximate surface area is 130 Å². The minimum atomic E-state index is -0.0284. The highest BCUT2D eigenvalue weighted by atomic mass is 35.5. The van der Waals surface area contributed by atoms with Gasteiger partial charge in [0.1, 0.15) is 16.7 Å². The van der Waals surface area contributed by atoms with Crippen LogP contribution in [0.3, 0.4) is 0 Å². The molecule has 0 radical (unpaired) electrons. The Kier molecular flexibility index (Phi) is 4.80. The van der Waals surface area contributed by atoms with E-state index in [0.717, 1.165) is 5.56 Å². The number of nitriles is 1. The molecule has 0 fully saturated rings. The number of rotatable bonds is 3. The molecule has 100 valence electrons. The van der Waals surface area contributed by atoms with Crippen molar-refractivity contribution in [3.8, 4) is 6.07 Å². The van der Waals surface area contributed by atoms with Gasteiger partial charge in [-0.1, -0.05) is 65.1 Å². The van der Waals surface area contributed by atoms with E-state index in [9.17, 15) is 0 Å². The molecule has 0 aliphatic heterocycles. The van der Waals surface area contributed by atoms with Crippen molar-refractivity contribution in [3.63, 3.8) is 0 Å². The summed E-state index contributed by atoms with van der Waals surface area (Å²) in [6, 6.07) is 11.3. The summed E-state index contributed by atoms with van der Waals surface area (Å²) < 4.78 is 0. The van der Waals surface area contributed by atoms with E-state index in [1.165, 1.54) is 0 Å². The fourth-order valence-corrected chi connectivity index (χ4v) is 2.05. The lowest BCUT2D eigenvalue weighted by Crippen LogP contribution is -1.97. The molecule has 0 aliphatic rings. The number of hydrogen-bond acceptors (Lipinski definition) is 4. The average Bonchev–Trinajstić information content (AvgIpc) is 2.46. The second-order valence-electron chi connectivity index (χ2n) is 3.65. The van der Waals surface area contributed by atoms with Crippen LogP contribution in [0, 0.1) is 11.3 Å². The molecule has 1 aromatic carbocycles. The molecule has 0 bridgehead atoms. The first-order valence-corrected chi connectivity index (χ1v) is 6.55. The SMILES string of the molecule is N#Cc1c(Cl)nc(N/N=C\c2ccccc2)c(Cl)c1Cl. The summed E-state index contributed by atoms with van der Waals surface area (Å²) in [7, 11) is 0. The van der Waals surface area contributed by atoms with E-state index in [0.29, 0.717) is 0 Å². The molecule has 0 atom stereocenters. The van der Waals surface area contributed by atoms with Gasteiger partial charge in [0.15, 0.2) is 11.0 Å². The standard InChI is InChI=1S/C13H7Cl3N4/c14-10-9(6-17)12(16)19-13(11(10)15)20-18-7-8-4-2-1-3-5-8/h1-5,7H,(H,19,20)/b18-7-. The maximum Gasteiger partial charge on any atom is 0.168 e. The Morgan fingerprint density at radius 1 is 1.15 bits per heavy atom. The van der Waals surface area contributed by atoms with Crippen molar-refractivity contribution < 1.29 is 0 Å². The second-order valence-corrected chi connectivity index (χ2v) is 4.76. The van der Waals surface area contributed by atoms with Gasteiger partial charge in [-0.2, -0.15) is 10.4 Å². The first kappa shape index (κ1) is 14.6. The molecular formula is C13H7Cl3N4. The van der Waals surface area contributed by atoms with E-state index >= 15 is 0 Å². The highest BCUT2D eigenvalue weighted by molar-refractivity contribution is 6.45.